The largest absolute Gasteiger partial charge is 0.322 e. The van der Waals surface area contributed by atoms with Crippen molar-refractivity contribution in [2.45, 2.75) is 25.7 Å². The van der Waals surface area contributed by atoms with Gasteiger partial charge >= 0.3 is 0 Å². The van der Waals surface area contributed by atoms with Crippen molar-refractivity contribution in [3.63, 3.8) is 0 Å². The molecule has 2 heterocycles. The Morgan fingerprint density at radius 3 is 2.75 bits per heavy atom. The summed E-state index contributed by atoms with van der Waals surface area (Å²) in [6, 6.07) is 6.39. The summed E-state index contributed by atoms with van der Waals surface area (Å²) in [6.45, 7) is 3.20. The molecule has 0 bridgehead atoms. The van der Waals surface area contributed by atoms with Gasteiger partial charge in [-0.15, -0.1) is 0 Å². The fraction of sp³-hybridized carbons (Fsp3) is 0.438. The first-order valence-corrected chi connectivity index (χ1v) is 7.26. The predicted octanol–water partition coefficient (Wildman–Crippen LogP) is 2.70. The zero-order chi connectivity index (χ0) is 13.9. The standard InChI is InChI=1S/C16H19FN2O/c17-14-5-4-12-10-13(16(20)18-15(12)11-14)6-9-19-7-2-1-3-8-19/h4-5,10-11H,1-3,6-9H2,(H,18,20). The van der Waals surface area contributed by atoms with Gasteiger partial charge < -0.3 is 9.88 Å². The molecule has 3 nitrogen and oxygen atoms in total. The van der Waals surface area contributed by atoms with Crippen LogP contribution in [-0.2, 0) is 6.42 Å². The van der Waals surface area contributed by atoms with Gasteiger partial charge in [-0.3, -0.25) is 4.79 Å². The van der Waals surface area contributed by atoms with Crippen LogP contribution in [0, 0.1) is 5.82 Å². The van der Waals surface area contributed by atoms with Crippen LogP contribution in [0.5, 0.6) is 0 Å². The molecule has 0 radical (unpaired) electrons. The lowest BCUT2D eigenvalue weighted by molar-refractivity contribution is 0.231. The quantitative estimate of drug-likeness (QED) is 0.934. The second-order valence-electron chi connectivity index (χ2n) is 5.51. The molecule has 1 N–H and O–H groups in total. The average Bonchev–Trinajstić information content (AvgIpc) is 2.46. The van der Waals surface area contributed by atoms with E-state index in [0.717, 1.165) is 37.0 Å². The first kappa shape index (κ1) is 13.3. The minimum absolute atomic E-state index is 0.0971. The molecule has 1 saturated heterocycles. The monoisotopic (exact) mass is 274 g/mol. The van der Waals surface area contributed by atoms with E-state index in [1.54, 1.807) is 6.07 Å². The minimum atomic E-state index is -0.325. The maximum absolute atomic E-state index is 13.1. The number of benzene rings is 1. The number of aromatic nitrogens is 1. The van der Waals surface area contributed by atoms with Gasteiger partial charge in [-0.25, -0.2) is 4.39 Å². The normalized spacial score (nSPS) is 16.6. The number of nitrogens with zero attached hydrogens (tertiary/aromatic N) is 1. The van der Waals surface area contributed by atoms with Crippen LogP contribution >= 0.6 is 0 Å². The number of fused-ring (bicyclic) bond motifs is 1. The fourth-order valence-corrected chi connectivity index (χ4v) is 2.87. The van der Waals surface area contributed by atoms with E-state index in [2.05, 4.69) is 9.88 Å². The van der Waals surface area contributed by atoms with Gasteiger partial charge in [0.1, 0.15) is 5.82 Å². The maximum atomic E-state index is 13.1. The third-order valence-electron chi connectivity index (χ3n) is 4.03. The first-order chi connectivity index (χ1) is 9.72. The average molecular weight is 274 g/mol. The summed E-state index contributed by atoms with van der Waals surface area (Å²) in [5.74, 6) is -0.325. The number of rotatable bonds is 3. The number of pyridine rings is 1. The summed E-state index contributed by atoms with van der Waals surface area (Å²) in [5, 5.41) is 0.889. The molecule has 3 rings (SSSR count). The van der Waals surface area contributed by atoms with Crippen molar-refractivity contribution < 1.29 is 4.39 Å². The number of nitrogens with one attached hydrogen (secondary N) is 1. The first-order valence-electron chi connectivity index (χ1n) is 7.26. The molecule has 1 fully saturated rings. The van der Waals surface area contributed by atoms with Crippen LogP contribution in [0.1, 0.15) is 24.8 Å². The van der Waals surface area contributed by atoms with Crippen molar-refractivity contribution in [3.05, 3.63) is 46.0 Å². The Morgan fingerprint density at radius 2 is 1.95 bits per heavy atom. The molecule has 0 amide bonds. The minimum Gasteiger partial charge on any atom is -0.322 e. The lowest BCUT2D eigenvalue weighted by atomic mass is 10.1. The highest BCUT2D eigenvalue weighted by molar-refractivity contribution is 5.78. The van der Waals surface area contributed by atoms with Crippen LogP contribution in [0.15, 0.2) is 29.1 Å². The molecule has 0 spiro atoms. The van der Waals surface area contributed by atoms with Gasteiger partial charge in [0.05, 0.1) is 5.52 Å². The highest BCUT2D eigenvalue weighted by Gasteiger charge is 2.11. The van der Waals surface area contributed by atoms with E-state index in [-0.39, 0.29) is 11.4 Å². The van der Waals surface area contributed by atoms with Crippen LogP contribution in [0.2, 0.25) is 0 Å². The maximum Gasteiger partial charge on any atom is 0.251 e. The Hall–Kier alpha value is -1.68. The lowest BCUT2D eigenvalue weighted by Crippen LogP contribution is -2.32. The SMILES string of the molecule is O=c1[nH]c2cc(F)ccc2cc1CCN1CCCCC1. The van der Waals surface area contributed by atoms with E-state index >= 15 is 0 Å². The van der Waals surface area contributed by atoms with Crippen molar-refractivity contribution in [1.29, 1.82) is 0 Å². The highest BCUT2D eigenvalue weighted by Crippen LogP contribution is 2.14. The Kier molecular flexibility index (Phi) is 3.83. The second-order valence-corrected chi connectivity index (χ2v) is 5.51. The van der Waals surface area contributed by atoms with Crippen LogP contribution < -0.4 is 5.56 Å². The third-order valence-corrected chi connectivity index (χ3v) is 4.03. The molecular formula is C16H19FN2O. The highest BCUT2D eigenvalue weighted by atomic mass is 19.1. The van der Waals surface area contributed by atoms with Gasteiger partial charge in [-0.1, -0.05) is 6.42 Å². The molecule has 4 heteroatoms. The van der Waals surface area contributed by atoms with Crippen LogP contribution in [0.25, 0.3) is 10.9 Å². The van der Waals surface area contributed by atoms with Crippen molar-refractivity contribution >= 4 is 10.9 Å². The van der Waals surface area contributed by atoms with Crippen molar-refractivity contribution in [2.24, 2.45) is 0 Å². The topological polar surface area (TPSA) is 36.1 Å². The summed E-state index contributed by atoms with van der Waals surface area (Å²) in [5.41, 5.74) is 1.26. The predicted molar refractivity (Wildman–Crippen MR) is 78.5 cm³/mol. The summed E-state index contributed by atoms with van der Waals surface area (Å²) >= 11 is 0. The number of H-pyrrole nitrogens is 1. The van der Waals surface area contributed by atoms with Crippen molar-refractivity contribution in [1.82, 2.24) is 9.88 Å². The number of piperidine rings is 1. The zero-order valence-electron chi connectivity index (χ0n) is 11.5. The Balaban J connectivity index is 1.78. The molecule has 0 atom stereocenters. The van der Waals surface area contributed by atoms with Crippen LogP contribution in [0.3, 0.4) is 0 Å². The van der Waals surface area contributed by atoms with E-state index in [0.29, 0.717) is 5.52 Å². The number of aromatic amines is 1. The molecule has 1 aromatic carbocycles. The van der Waals surface area contributed by atoms with E-state index < -0.39 is 0 Å². The molecule has 1 aliphatic rings. The molecular weight excluding hydrogens is 255 g/mol. The van der Waals surface area contributed by atoms with E-state index in [4.69, 9.17) is 0 Å². The molecule has 2 aromatic rings. The zero-order valence-corrected chi connectivity index (χ0v) is 11.5. The summed E-state index contributed by atoms with van der Waals surface area (Å²) in [7, 11) is 0. The van der Waals surface area contributed by atoms with Gasteiger partial charge in [0.2, 0.25) is 0 Å². The van der Waals surface area contributed by atoms with Crippen LogP contribution in [0.4, 0.5) is 4.39 Å². The number of halogens is 1. The van der Waals surface area contributed by atoms with Gasteiger partial charge in [-0.2, -0.15) is 0 Å². The molecule has 20 heavy (non-hydrogen) atoms. The molecule has 0 aliphatic carbocycles. The van der Waals surface area contributed by atoms with Gasteiger partial charge in [0.15, 0.2) is 0 Å². The van der Waals surface area contributed by atoms with Crippen molar-refractivity contribution in [3.8, 4) is 0 Å². The van der Waals surface area contributed by atoms with Gasteiger partial charge in [0.25, 0.3) is 5.56 Å². The number of hydrogen-bond donors (Lipinski definition) is 1. The smallest absolute Gasteiger partial charge is 0.251 e. The van der Waals surface area contributed by atoms with E-state index in [1.807, 2.05) is 6.07 Å². The van der Waals surface area contributed by atoms with E-state index in [1.165, 1.54) is 31.4 Å². The molecule has 1 aliphatic heterocycles. The molecule has 0 saturated carbocycles. The van der Waals surface area contributed by atoms with Gasteiger partial charge in [0, 0.05) is 12.1 Å². The number of likely N-dealkylation sites (tertiary alicyclic amines) is 1. The molecule has 106 valence electrons. The summed E-state index contributed by atoms with van der Waals surface area (Å²) in [6.07, 6.45) is 4.59. The summed E-state index contributed by atoms with van der Waals surface area (Å²) < 4.78 is 13.1. The second kappa shape index (κ2) is 5.75. The molecule has 1 aromatic heterocycles. The number of hydrogen-bond acceptors (Lipinski definition) is 2. The Bertz CT molecular complexity index is 659. The van der Waals surface area contributed by atoms with E-state index in [9.17, 15) is 9.18 Å². The Morgan fingerprint density at radius 1 is 1.15 bits per heavy atom. The summed E-state index contributed by atoms with van der Waals surface area (Å²) in [4.78, 5) is 17.2. The van der Waals surface area contributed by atoms with Crippen LogP contribution in [-0.4, -0.2) is 29.5 Å². The van der Waals surface area contributed by atoms with Gasteiger partial charge in [-0.05, 0) is 62.0 Å². The lowest BCUT2D eigenvalue weighted by Gasteiger charge is -2.26. The molecule has 0 unspecified atom stereocenters. The fourth-order valence-electron chi connectivity index (χ4n) is 2.87. The van der Waals surface area contributed by atoms with Crippen molar-refractivity contribution in [2.75, 3.05) is 19.6 Å². The third kappa shape index (κ3) is 2.90. The Labute approximate surface area is 117 Å².